The average Bonchev–Trinajstić information content (AvgIpc) is 2.86. The predicted octanol–water partition coefficient (Wildman–Crippen LogP) is 2.85. The van der Waals surface area contributed by atoms with Crippen molar-refractivity contribution in [2.24, 2.45) is 5.92 Å². The lowest BCUT2D eigenvalue weighted by atomic mass is 10.0. The Balaban J connectivity index is 1.74. The number of anilines is 1. The summed E-state index contributed by atoms with van der Waals surface area (Å²) in [6.45, 7) is 5.86. The summed E-state index contributed by atoms with van der Waals surface area (Å²) < 4.78 is 6.14. The van der Waals surface area contributed by atoms with Gasteiger partial charge in [0.05, 0.1) is 6.61 Å². The van der Waals surface area contributed by atoms with Crippen LogP contribution < -0.4 is 10.6 Å². The fraction of sp³-hybridized carbons (Fsp3) is 0.500. The summed E-state index contributed by atoms with van der Waals surface area (Å²) >= 11 is 3.43. The quantitative estimate of drug-likeness (QED) is 0.557. The first kappa shape index (κ1) is 19.4. The molecule has 1 saturated heterocycles. The van der Waals surface area contributed by atoms with Crippen LogP contribution in [-0.4, -0.2) is 30.4 Å². The minimum atomic E-state index is -0.575. The topological polar surface area (TPSA) is 84.5 Å². The molecule has 25 heavy (non-hydrogen) atoms. The molecule has 0 spiro atoms. The molecule has 6 nitrogen and oxygen atoms in total. The Morgan fingerprint density at radius 1 is 1.32 bits per heavy atom. The first-order chi connectivity index (χ1) is 11.8. The lowest BCUT2D eigenvalue weighted by Crippen LogP contribution is -2.37. The van der Waals surface area contributed by atoms with Gasteiger partial charge in [-0.15, -0.1) is 0 Å². The molecule has 0 bridgehead atoms. The Morgan fingerprint density at radius 2 is 1.96 bits per heavy atom. The van der Waals surface area contributed by atoms with Crippen molar-refractivity contribution in [3.63, 3.8) is 0 Å². The number of amides is 2. The van der Waals surface area contributed by atoms with E-state index in [-0.39, 0.29) is 30.8 Å². The van der Waals surface area contributed by atoms with Crippen molar-refractivity contribution >= 4 is 39.4 Å². The molecule has 136 valence electrons. The van der Waals surface area contributed by atoms with E-state index in [4.69, 9.17) is 4.74 Å². The lowest BCUT2D eigenvalue weighted by molar-refractivity contribution is -0.147. The standard InChI is InChI=1S/C18H23BrN2O4/c1-10-7-13(19)8-11(2)16(10)20-14(22)5-4-6-25-18(24)17-12(3)9-15(23)21-17/h7-8,12,17H,4-6,9H2,1-3H3,(H,20,22)(H,21,23). The Bertz CT molecular complexity index is 667. The first-order valence-electron chi connectivity index (χ1n) is 8.30. The molecular formula is C18H23BrN2O4. The number of carbonyl (C=O) groups excluding carboxylic acids is 3. The molecule has 2 amide bonds. The summed E-state index contributed by atoms with van der Waals surface area (Å²) in [5.41, 5.74) is 2.78. The first-order valence-corrected chi connectivity index (χ1v) is 9.10. The van der Waals surface area contributed by atoms with Crippen LogP contribution in [0.1, 0.15) is 37.3 Å². The van der Waals surface area contributed by atoms with Crippen molar-refractivity contribution in [2.45, 2.75) is 46.1 Å². The number of hydrogen-bond donors (Lipinski definition) is 2. The average molecular weight is 411 g/mol. The molecule has 0 radical (unpaired) electrons. The van der Waals surface area contributed by atoms with E-state index in [1.165, 1.54) is 0 Å². The van der Waals surface area contributed by atoms with Gasteiger partial charge in [0.15, 0.2) is 0 Å². The molecule has 7 heteroatoms. The number of esters is 1. The van der Waals surface area contributed by atoms with E-state index in [1.807, 2.05) is 32.9 Å². The zero-order valence-corrected chi connectivity index (χ0v) is 16.2. The van der Waals surface area contributed by atoms with Gasteiger partial charge in [0.25, 0.3) is 0 Å². The molecule has 1 aliphatic rings. The zero-order chi connectivity index (χ0) is 18.6. The van der Waals surface area contributed by atoms with Gasteiger partial charge < -0.3 is 15.4 Å². The molecule has 2 unspecified atom stereocenters. The van der Waals surface area contributed by atoms with E-state index >= 15 is 0 Å². The van der Waals surface area contributed by atoms with Gasteiger partial charge in [-0.3, -0.25) is 9.59 Å². The van der Waals surface area contributed by atoms with Crippen molar-refractivity contribution in [2.75, 3.05) is 11.9 Å². The van der Waals surface area contributed by atoms with Crippen LogP contribution in [0.2, 0.25) is 0 Å². The Morgan fingerprint density at radius 3 is 2.52 bits per heavy atom. The number of nitrogens with one attached hydrogen (secondary N) is 2. The van der Waals surface area contributed by atoms with Crippen LogP contribution in [0.4, 0.5) is 5.69 Å². The predicted molar refractivity (Wildman–Crippen MR) is 98.2 cm³/mol. The SMILES string of the molecule is Cc1cc(Br)cc(C)c1NC(=O)CCCOC(=O)C1NC(=O)CC1C. The minimum absolute atomic E-state index is 0.0633. The van der Waals surface area contributed by atoms with Crippen LogP contribution >= 0.6 is 15.9 Å². The molecule has 1 fully saturated rings. The minimum Gasteiger partial charge on any atom is -0.464 e. The number of ether oxygens (including phenoxy) is 1. The summed E-state index contributed by atoms with van der Waals surface area (Å²) in [4.78, 5) is 35.3. The van der Waals surface area contributed by atoms with Gasteiger partial charge in [-0.1, -0.05) is 22.9 Å². The number of carbonyl (C=O) groups is 3. The summed E-state index contributed by atoms with van der Waals surface area (Å²) in [5.74, 6) is -0.744. The smallest absolute Gasteiger partial charge is 0.328 e. The number of benzene rings is 1. The van der Waals surface area contributed by atoms with Gasteiger partial charge in [0, 0.05) is 23.0 Å². The largest absolute Gasteiger partial charge is 0.464 e. The summed E-state index contributed by atoms with van der Waals surface area (Å²) in [6.07, 6.45) is 1.03. The normalized spacial score (nSPS) is 19.4. The summed E-state index contributed by atoms with van der Waals surface area (Å²) in [6, 6.07) is 3.32. The third-order valence-electron chi connectivity index (χ3n) is 4.20. The highest BCUT2D eigenvalue weighted by Gasteiger charge is 2.35. The molecule has 1 aromatic rings. The monoisotopic (exact) mass is 410 g/mol. The fourth-order valence-electron chi connectivity index (χ4n) is 2.88. The second kappa shape index (κ2) is 8.47. The van der Waals surface area contributed by atoms with Gasteiger partial charge in [0.2, 0.25) is 11.8 Å². The van der Waals surface area contributed by atoms with Crippen molar-refractivity contribution in [1.29, 1.82) is 0 Å². The number of halogens is 1. The third-order valence-corrected chi connectivity index (χ3v) is 4.66. The summed E-state index contributed by atoms with van der Waals surface area (Å²) in [7, 11) is 0. The van der Waals surface area contributed by atoms with Gasteiger partial charge in [-0.2, -0.15) is 0 Å². The molecule has 1 heterocycles. The van der Waals surface area contributed by atoms with Gasteiger partial charge in [0.1, 0.15) is 6.04 Å². The van der Waals surface area contributed by atoms with Gasteiger partial charge >= 0.3 is 5.97 Å². The van der Waals surface area contributed by atoms with E-state index in [0.29, 0.717) is 12.8 Å². The number of aryl methyl sites for hydroxylation is 2. The Hall–Kier alpha value is -1.89. The van der Waals surface area contributed by atoms with E-state index in [2.05, 4.69) is 26.6 Å². The molecule has 1 aromatic carbocycles. The van der Waals surface area contributed by atoms with Crippen LogP contribution in [0.3, 0.4) is 0 Å². The second-order valence-electron chi connectivity index (χ2n) is 6.46. The lowest BCUT2D eigenvalue weighted by Gasteiger charge is -2.14. The van der Waals surface area contributed by atoms with Crippen molar-refractivity contribution in [1.82, 2.24) is 5.32 Å². The van der Waals surface area contributed by atoms with E-state index in [0.717, 1.165) is 21.3 Å². The van der Waals surface area contributed by atoms with Crippen LogP contribution in [0.25, 0.3) is 0 Å². The maximum atomic E-state index is 12.1. The van der Waals surface area contributed by atoms with E-state index in [1.54, 1.807) is 0 Å². The van der Waals surface area contributed by atoms with Crippen molar-refractivity contribution in [3.05, 3.63) is 27.7 Å². The van der Waals surface area contributed by atoms with E-state index < -0.39 is 12.0 Å². The molecule has 0 aromatic heterocycles. The highest BCUT2D eigenvalue weighted by atomic mass is 79.9. The Kier molecular flexibility index (Phi) is 6.58. The number of rotatable bonds is 6. The molecule has 2 atom stereocenters. The van der Waals surface area contributed by atoms with Crippen LogP contribution in [-0.2, 0) is 19.1 Å². The van der Waals surface area contributed by atoms with Crippen molar-refractivity contribution in [3.8, 4) is 0 Å². The van der Waals surface area contributed by atoms with Crippen LogP contribution in [0.5, 0.6) is 0 Å². The maximum Gasteiger partial charge on any atom is 0.328 e. The molecule has 0 aliphatic carbocycles. The van der Waals surface area contributed by atoms with Crippen LogP contribution in [0.15, 0.2) is 16.6 Å². The highest BCUT2D eigenvalue weighted by Crippen LogP contribution is 2.25. The van der Waals surface area contributed by atoms with Crippen molar-refractivity contribution < 1.29 is 19.1 Å². The highest BCUT2D eigenvalue weighted by molar-refractivity contribution is 9.10. The fourth-order valence-corrected chi connectivity index (χ4v) is 3.57. The molecular weight excluding hydrogens is 388 g/mol. The summed E-state index contributed by atoms with van der Waals surface area (Å²) in [5, 5.41) is 5.51. The molecule has 2 N–H and O–H groups in total. The molecule has 1 aliphatic heterocycles. The Labute approximate surface area is 155 Å². The zero-order valence-electron chi connectivity index (χ0n) is 14.6. The van der Waals surface area contributed by atoms with Crippen LogP contribution in [0, 0.1) is 19.8 Å². The third kappa shape index (κ3) is 5.29. The van der Waals surface area contributed by atoms with Gasteiger partial charge in [-0.25, -0.2) is 4.79 Å². The van der Waals surface area contributed by atoms with Gasteiger partial charge in [-0.05, 0) is 49.4 Å². The van der Waals surface area contributed by atoms with E-state index in [9.17, 15) is 14.4 Å². The molecule has 0 saturated carbocycles. The number of hydrogen-bond acceptors (Lipinski definition) is 4. The second-order valence-corrected chi connectivity index (χ2v) is 7.38. The maximum absolute atomic E-state index is 12.1. The molecule has 2 rings (SSSR count).